The Labute approximate surface area is 109 Å². The molecule has 1 saturated carbocycles. The van der Waals surface area contributed by atoms with Gasteiger partial charge < -0.3 is 11.1 Å². The number of benzene rings is 1. The lowest BCUT2D eigenvalue weighted by Crippen LogP contribution is -2.37. The summed E-state index contributed by atoms with van der Waals surface area (Å²) in [5.74, 6) is 0.0949. The monoisotopic (exact) mass is 246 g/mol. The molecule has 0 heterocycles. The minimum absolute atomic E-state index is 0.0949. The maximum atomic E-state index is 12.0. The van der Waals surface area contributed by atoms with Crippen molar-refractivity contribution in [2.75, 3.05) is 5.73 Å². The van der Waals surface area contributed by atoms with E-state index in [-0.39, 0.29) is 5.91 Å². The highest BCUT2D eigenvalue weighted by molar-refractivity contribution is 5.80. The van der Waals surface area contributed by atoms with Crippen LogP contribution in [0, 0.1) is 6.92 Å². The first-order chi connectivity index (χ1) is 8.65. The van der Waals surface area contributed by atoms with E-state index in [0.717, 1.165) is 24.0 Å². The van der Waals surface area contributed by atoms with Gasteiger partial charge in [-0.3, -0.25) is 4.79 Å². The van der Waals surface area contributed by atoms with E-state index in [4.69, 9.17) is 5.73 Å². The Morgan fingerprint density at radius 2 is 2.06 bits per heavy atom. The molecular formula is C15H22N2O. The van der Waals surface area contributed by atoms with Crippen LogP contribution >= 0.6 is 0 Å². The van der Waals surface area contributed by atoms with Crippen molar-refractivity contribution in [3.63, 3.8) is 0 Å². The fourth-order valence-electron chi connectivity index (χ4n) is 2.57. The van der Waals surface area contributed by atoms with Gasteiger partial charge in [0.1, 0.15) is 0 Å². The van der Waals surface area contributed by atoms with Gasteiger partial charge >= 0.3 is 0 Å². The Kier molecular flexibility index (Phi) is 4.24. The third-order valence-electron chi connectivity index (χ3n) is 3.62. The van der Waals surface area contributed by atoms with Crippen molar-refractivity contribution in [2.24, 2.45) is 0 Å². The molecule has 1 aromatic rings. The van der Waals surface area contributed by atoms with E-state index < -0.39 is 0 Å². The van der Waals surface area contributed by atoms with Gasteiger partial charge in [0, 0.05) is 11.7 Å². The maximum absolute atomic E-state index is 12.0. The summed E-state index contributed by atoms with van der Waals surface area (Å²) in [6.07, 6.45) is 6.40. The van der Waals surface area contributed by atoms with Crippen molar-refractivity contribution in [1.29, 1.82) is 0 Å². The summed E-state index contributed by atoms with van der Waals surface area (Å²) >= 11 is 0. The largest absolute Gasteiger partial charge is 0.398 e. The molecule has 98 valence electrons. The molecule has 2 rings (SSSR count). The van der Waals surface area contributed by atoms with E-state index in [2.05, 4.69) is 5.32 Å². The van der Waals surface area contributed by atoms with Crippen LogP contribution in [0.15, 0.2) is 18.2 Å². The summed E-state index contributed by atoms with van der Waals surface area (Å²) in [5, 5.41) is 3.11. The number of aryl methyl sites for hydroxylation is 1. The van der Waals surface area contributed by atoms with Crippen LogP contribution in [0.3, 0.4) is 0 Å². The molecule has 1 aromatic carbocycles. The van der Waals surface area contributed by atoms with Gasteiger partial charge in [0.2, 0.25) is 5.91 Å². The van der Waals surface area contributed by atoms with Gasteiger partial charge in [-0.25, -0.2) is 0 Å². The van der Waals surface area contributed by atoms with Crippen LogP contribution < -0.4 is 11.1 Å². The normalized spacial score (nSPS) is 16.5. The van der Waals surface area contributed by atoms with Crippen LogP contribution in [-0.4, -0.2) is 11.9 Å². The van der Waals surface area contributed by atoms with Gasteiger partial charge in [-0.15, -0.1) is 0 Å². The van der Waals surface area contributed by atoms with Crippen LogP contribution in [0.4, 0.5) is 5.69 Å². The van der Waals surface area contributed by atoms with E-state index in [9.17, 15) is 4.79 Å². The van der Waals surface area contributed by atoms with Crippen LogP contribution in [0.25, 0.3) is 0 Å². The molecule has 18 heavy (non-hydrogen) atoms. The average molecular weight is 246 g/mol. The quantitative estimate of drug-likeness (QED) is 0.805. The van der Waals surface area contributed by atoms with Crippen LogP contribution in [0.5, 0.6) is 0 Å². The number of carbonyl (C=O) groups is 1. The molecule has 0 spiro atoms. The minimum atomic E-state index is 0.0949. The fourth-order valence-corrected chi connectivity index (χ4v) is 2.57. The Hall–Kier alpha value is -1.51. The average Bonchev–Trinajstić information content (AvgIpc) is 2.34. The molecule has 3 nitrogen and oxygen atoms in total. The molecule has 0 unspecified atom stereocenters. The van der Waals surface area contributed by atoms with E-state index in [0.29, 0.717) is 18.2 Å². The number of carbonyl (C=O) groups excluding carboxylic acids is 1. The van der Waals surface area contributed by atoms with Gasteiger partial charge in [0.05, 0.1) is 6.42 Å². The number of hydrogen-bond acceptors (Lipinski definition) is 2. The zero-order valence-corrected chi connectivity index (χ0v) is 11.0. The molecule has 3 N–H and O–H groups in total. The highest BCUT2D eigenvalue weighted by atomic mass is 16.1. The predicted octanol–water partition coefficient (Wildman–Crippen LogP) is 2.57. The molecule has 0 aromatic heterocycles. The second-order valence-electron chi connectivity index (χ2n) is 5.28. The van der Waals surface area contributed by atoms with Crippen molar-refractivity contribution in [2.45, 2.75) is 51.5 Å². The fraction of sp³-hybridized carbons (Fsp3) is 0.533. The summed E-state index contributed by atoms with van der Waals surface area (Å²) in [4.78, 5) is 12.0. The molecule has 0 bridgehead atoms. The topological polar surface area (TPSA) is 55.1 Å². The molecule has 1 amide bonds. The zero-order chi connectivity index (χ0) is 13.0. The second kappa shape index (κ2) is 5.89. The molecule has 0 radical (unpaired) electrons. The first kappa shape index (κ1) is 12.9. The molecule has 1 fully saturated rings. The number of anilines is 1. The highest BCUT2D eigenvalue weighted by Gasteiger charge is 2.16. The predicted molar refractivity (Wildman–Crippen MR) is 74.3 cm³/mol. The molecule has 3 heteroatoms. The third kappa shape index (κ3) is 3.49. The maximum Gasteiger partial charge on any atom is 0.224 e. The molecular weight excluding hydrogens is 224 g/mol. The lowest BCUT2D eigenvalue weighted by atomic mass is 9.95. The van der Waals surface area contributed by atoms with Gasteiger partial charge in [0.25, 0.3) is 0 Å². The lowest BCUT2D eigenvalue weighted by molar-refractivity contribution is -0.121. The van der Waals surface area contributed by atoms with Gasteiger partial charge in [-0.05, 0) is 37.0 Å². The SMILES string of the molecule is Cc1ccc(CC(=O)NC2CCCCC2)c(N)c1. The standard InChI is InChI=1S/C15H22N2O/c1-11-7-8-12(14(16)9-11)10-15(18)17-13-5-3-2-4-6-13/h7-9,13H,2-6,10,16H2,1H3,(H,17,18). The second-order valence-corrected chi connectivity index (χ2v) is 5.28. The first-order valence-corrected chi connectivity index (χ1v) is 6.79. The summed E-state index contributed by atoms with van der Waals surface area (Å²) < 4.78 is 0. The summed E-state index contributed by atoms with van der Waals surface area (Å²) in [6, 6.07) is 6.24. The summed E-state index contributed by atoms with van der Waals surface area (Å²) in [5.41, 5.74) is 8.69. The Morgan fingerprint density at radius 1 is 1.33 bits per heavy atom. The van der Waals surface area contributed by atoms with E-state index >= 15 is 0 Å². The van der Waals surface area contributed by atoms with Crippen molar-refractivity contribution in [3.05, 3.63) is 29.3 Å². The van der Waals surface area contributed by atoms with Gasteiger partial charge in [0.15, 0.2) is 0 Å². The van der Waals surface area contributed by atoms with Crippen LogP contribution in [-0.2, 0) is 11.2 Å². The minimum Gasteiger partial charge on any atom is -0.398 e. The first-order valence-electron chi connectivity index (χ1n) is 6.79. The van der Waals surface area contributed by atoms with Crippen LogP contribution in [0.2, 0.25) is 0 Å². The van der Waals surface area contributed by atoms with Crippen molar-refractivity contribution in [3.8, 4) is 0 Å². The Morgan fingerprint density at radius 3 is 2.72 bits per heavy atom. The molecule has 1 aliphatic rings. The Bertz CT molecular complexity index is 423. The van der Waals surface area contributed by atoms with Crippen molar-refractivity contribution >= 4 is 11.6 Å². The lowest BCUT2D eigenvalue weighted by Gasteiger charge is -2.22. The molecule has 1 aliphatic carbocycles. The van der Waals surface area contributed by atoms with Crippen LogP contribution in [0.1, 0.15) is 43.2 Å². The van der Waals surface area contributed by atoms with E-state index in [1.54, 1.807) is 0 Å². The van der Waals surface area contributed by atoms with Gasteiger partial charge in [-0.2, -0.15) is 0 Å². The number of nitrogens with two attached hydrogens (primary N) is 1. The van der Waals surface area contributed by atoms with E-state index in [1.807, 2.05) is 25.1 Å². The smallest absolute Gasteiger partial charge is 0.224 e. The number of hydrogen-bond donors (Lipinski definition) is 2. The highest BCUT2D eigenvalue weighted by Crippen LogP contribution is 2.18. The number of rotatable bonds is 3. The number of nitrogens with one attached hydrogen (secondary N) is 1. The molecule has 0 atom stereocenters. The van der Waals surface area contributed by atoms with Crippen molar-refractivity contribution < 1.29 is 4.79 Å². The van der Waals surface area contributed by atoms with E-state index in [1.165, 1.54) is 19.3 Å². The zero-order valence-electron chi connectivity index (χ0n) is 11.0. The van der Waals surface area contributed by atoms with Gasteiger partial charge in [-0.1, -0.05) is 31.4 Å². The summed E-state index contributed by atoms with van der Waals surface area (Å²) in [6.45, 7) is 2.00. The summed E-state index contributed by atoms with van der Waals surface area (Å²) in [7, 11) is 0. The van der Waals surface area contributed by atoms with Crippen molar-refractivity contribution in [1.82, 2.24) is 5.32 Å². The number of nitrogen functional groups attached to an aromatic ring is 1. The number of amides is 1. The Balaban J connectivity index is 1.90. The third-order valence-corrected chi connectivity index (χ3v) is 3.62. The molecule has 0 saturated heterocycles. The molecule has 0 aliphatic heterocycles.